The number of nitrogens with zero attached hydrogens (tertiary/aromatic N) is 1. The van der Waals surface area contributed by atoms with E-state index in [9.17, 15) is 18.0 Å². The summed E-state index contributed by atoms with van der Waals surface area (Å²) in [5, 5.41) is 2.81. The van der Waals surface area contributed by atoms with Gasteiger partial charge in [-0.05, 0) is 39.0 Å². The Labute approximate surface area is 116 Å². The van der Waals surface area contributed by atoms with E-state index in [0.29, 0.717) is 13.1 Å². The van der Waals surface area contributed by atoms with Crippen LogP contribution in [0.4, 0.5) is 18.9 Å². The van der Waals surface area contributed by atoms with Crippen LogP contribution in [0.2, 0.25) is 0 Å². The van der Waals surface area contributed by atoms with Gasteiger partial charge in [0.25, 0.3) is 0 Å². The third kappa shape index (κ3) is 4.15. The highest BCUT2D eigenvalue weighted by Crippen LogP contribution is 2.30. The summed E-state index contributed by atoms with van der Waals surface area (Å²) >= 11 is 0. The molecule has 1 amide bonds. The molecule has 0 heterocycles. The molecule has 0 fully saturated rings. The summed E-state index contributed by atoms with van der Waals surface area (Å²) in [6.07, 6.45) is -4.39. The molecule has 0 aliphatic carbocycles. The molecule has 1 rings (SSSR count). The van der Waals surface area contributed by atoms with Crippen LogP contribution in [0.5, 0.6) is 0 Å². The van der Waals surface area contributed by atoms with E-state index in [0.717, 1.165) is 12.1 Å². The van der Waals surface area contributed by atoms with Crippen LogP contribution < -0.4 is 5.32 Å². The Morgan fingerprint density at radius 2 is 1.90 bits per heavy atom. The van der Waals surface area contributed by atoms with Crippen molar-refractivity contribution >= 4 is 11.6 Å². The van der Waals surface area contributed by atoms with E-state index >= 15 is 0 Å². The highest BCUT2D eigenvalue weighted by molar-refractivity contribution is 5.84. The fraction of sp³-hybridized carbons (Fsp3) is 0.500. The standard InChI is InChI=1S/C14H19F3N2O/c1-4-19(5-2)13(20)10(3)18-12-8-6-7-11(9-12)14(15,16)17/h6-10,18H,4-5H2,1-3H3. The van der Waals surface area contributed by atoms with Crippen LogP contribution >= 0.6 is 0 Å². The molecular weight excluding hydrogens is 269 g/mol. The number of rotatable bonds is 5. The van der Waals surface area contributed by atoms with Gasteiger partial charge in [0.2, 0.25) is 5.91 Å². The third-order valence-electron chi connectivity index (χ3n) is 3.02. The molecule has 1 unspecified atom stereocenters. The number of likely N-dealkylation sites (N-methyl/N-ethyl adjacent to an activating group) is 1. The van der Waals surface area contributed by atoms with E-state index < -0.39 is 17.8 Å². The lowest BCUT2D eigenvalue weighted by atomic mass is 10.1. The van der Waals surface area contributed by atoms with E-state index in [2.05, 4.69) is 5.32 Å². The zero-order chi connectivity index (χ0) is 15.3. The largest absolute Gasteiger partial charge is 0.416 e. The van der Waals surface area contributed by atoms with Gasteiger partial charge in [-0.15, -0.1) is 0 Å². The van der Waals surface area contributed by atoms with Gasteiger partial charge in [-0.3, -0.25) is 4.79 Å². The normalized spacial score (nSPS) is 12.9. The monoisotopic (exact) mass is 288 g/mol. The van der Waals surface area contributed by atoms with E-state index in [1.54, 1.807) is 11.8 Å². The van der Waals surface area contributed by atoms with Gasteiger partial charge < -0.3 is 10.2 Å². The van der Waals surface area contributed by atoms with Gasteiger partial charge in [0.15, 0.2) is 0 Å². The molecule has 1 N–H and O–H groups in total. The van der Waals surface area contributed by atoms with Crippen LogP contribution in [0.1, 0.15) is 26.3 Å². The Morgan fingerprint density at radius 1 is 1.30 bits per heavy atom. The van der Waals surface area contributed by atoms with Crippen molar-refractivity contribution in [1.82, 2.24) is 4.90 Å². The molecule has 0 spiro atoms. The number of hydrogen-bond acceptors (Lipinski definition) is 2. The van der Waals surface area contributed by atoms with Crippen molar-refractivity contribution in [3.05, 3.63) is 29.8 Å². The smallest absolute Gasteiger partial charge is 0.374 e. The molecule has 0 aliphatic rings. The Bertz CT molecular complexity index is 456. The Hall–Kier alpha value is -1.72. The Morgan fingerprint density at radius 3 is 2.40 bits per heavy atom. The quantitative estimate of drug-likeness (QED) is 0.901. The van der Waals surface area contributed by atoms with Crippen LogP contribution in [0.25, 0.3) is 0 Å². The summed E-state index contributed by atoms with van der Waals surface area (Å²) in [5.41, 5.74) is -0.446. The van der Waals surface area contributed by atoms with Crippen molar-refractivity contribution in [1.29, 1.82) is 0 Å². The summed E-state index contributed by atoms with van der Waals surface area (Å²) in [7, 11) is 0. The first-order valence-corrected chi connectivity index (χ1v) is 6.52. The van der Waals surface area contributed by atoms with Gasteiger partial charge in [-0.2, -0.15) is 13.2 Å². The second kappa shape index (κ2) is 6.63. The van der Waals surface area contributed by atoms with Crippen LogP contribution in [-0.2, 0) is 11.0 Å². The fourth-order valence-electron chi connectivity index (χ4n) is 1.91. The maximum absolute atomic E-state index is 12.6. The molecule has 0 saturated heterocycles. The topological polar surface area (TPSA) is 32.3 Å². The van der Waals surface area contributed by atoms with Crippen molar-refractivity contribution in [2.45, 2.75) is 33.0 Å². The number of alkyl halides is 3. The number of nitrogens with one attached hydrogen (secondary N) is 1. The Kier molecular flexibility index (Phi) is 5.42. The predicted octanol–water partition coefficient (Wildman–Crippen LogP) is 3.37. The molecule has 0 aromatic heterocycles. The van der Waals surface area contributed by atoms with Crippen LogP contribution in [0, 0.1) is 0 Å². The highest BCUT2D eigenvalue weighted by atomic mass is 19.4. The summed E-state index contributed by atoms with van der Waals surface area (Å²) in [6.45, 7) is 6.51. The molecule has 0 radical (unpaired) electrons. The lowest BCUT2D eigenvalue weighted by molar-refractivity contribution is -0.137. The minimum absolute atomic E-state index is 0.132. The average molecular weight is 288 g/mol. The van der Waals surface area contributed by atoms with Gasteiger partial charge in [0.05, 0.1) is 5.56 Å². The molecule has 1 atom stereocenters. The Balaban J connectivity index is 2.81. The number of carbonyl (C=O) groups is 1. The lowest BCUT2D eigenvalue weighted by Crippen LogP contribution is -2.41. The van der Waals surface area contributed by atoms with Gasteiger partial charge in [-0.25, -0.2) is 0 Å². The first-order chi connectivity index (χ1) is 9.29. The predicted molar refractivity (Wildman–Crippen MR) is 72.5 cm³/mol. The molecule has 20 heavy (non-hydrogen) atoms. The van der Waals surface area contributed by atoms with E-state index in [1.165, 1.54) is 12.1 Å². The van der Waals surface area contributed by atoms with Crippen LogP contribution in [0.15, 0.2) is 24.3 Å². The van der Waals surface area contributed by atoms with Gasteiger partial charge in [-0.1, -0.05) is 6.07 Å². The van der Waals surface area contributed by atoms with E-state index in [-0.39, 0.29) is 11.6 Å². The maximum atomic E-state index is 12.6. The molecule has 0 aliphatic heterocycles. The van der Waals surface area contributed by atoms with Gasteiger partial charge >= 0.3 is 6.18 Å². The summed E-state index contributed by atoms with van der Waals surface area (Å²) in [5.74, 6) is -0.132. The molecule has 1 aromatic carbocycles. The van der Waals surface area contributed by atoms with Crippen LogP contribution in [0.3, 0.4) is 0 Å². The summed E-state index contributed by atoms with van der Waals surface area (Å²) in [4.78, 5) is 13.7. The summed E-state index contributed by atoms with van der Waals surface area (Å²) < 4.78 is 37.8. The summed E-state index contributed by atoms with van der Waals surface area (Å²) in [6, 6.07) is 4.27. The first-order valence-electron chi connectivity index (χ1n) is 6.52. The fourth-order valence-corrected chi connectivity index (χ4v) is 1.91. The van der Waals surface area contributed by atoms with Crippen molar-refractivity contribution in [3.63, 3.8) is 0 Å². The third-order valence-corrected chi connectivity index (χ3v) is 3.02. The van der Waals surface area contributed by atoms with Gasteiger partial charge in [0.1, 0.15) is 6.04 Å². The number of amides is 1. The lowest BCUT2D eigenvalue weighted by Gasteiger charge is -2.24. The average Bonchev–Trinajstić information content (AvgIpc) is 2.39. The van der Waals surface area contributed by atoms with E-state index in [1.807, 2.05) is 13.8 Å². The second-order valence-corrected chi connectivity index (χ2v) is 4.46. The molecular formula is C14H19F3N2O. The van der Waals surface area contributed by atoms with Crippen LogP contribution in [-0.4, -0.2) is 29.9 Å². The van der Waals surface area contributed by atoms with Crippen molar-refractivity contribution in [3.8, 4) is 0 Å². The SMILES string of the molecule is CCN(CC)C(=O)C(C)Nc1cccc(C(F)(F)F)c1. The van der Waals surface area contributed by atoms with Gasteiger partial charge in [0, 0.05) is 18.8 Å². The molecule has 1 aromatic rings. The molecule has 0 saturated carbocycles. The number of benzene rings is 1. The molecule has 3 nitrogen and oxygen atoms in total. The van der Waals surface area contributed by atoms with Crippen molar-refractivity contribution in [2.75, 3.05) is 18.4 Å². The number of anilines is 1. The first kappa shape index (κ1) is 16.3. The van der Waals surface area contributed by atoms with Crippen molar-refractivity contribution in [2.24, 2.45) is 0 Å². The zero-order valence-corrected chi connectivity index (χ0v) is 11.8. The minimum Gasteiger partial charge on any atom is -0.374 e. The minimum atomic E-state index is -4.39. The maximum Gasteiger partial charge on any atom is 0.416 e. The molecule has 6 heteroatoms. The number of carbonyl (C=O) groups excluding carboxylic acids is 1. The molecule has 0 bridgehead atoms. The second-order valence-electron chi connectivity index (χ2n) is 4.46. The van der Waals surface area contributed by atoms with Crippen molar-refractivity contribution < 1.29 is 18.0 Å². The zero-order valence-electron chi connectivity index (χ0n) is 11.8. The van der Waals surface area contributed by atoms with E-state index in [4.69, 9.17) is 0 Å². The number of hydrogen-bond donors (Lipinski definition) is 1. The molecule has 112 valence electrons. The number of halogens is 3. The highest BCUT2D eigenvalue weighted by Gasteiger charge is 2.30.